The molecule has 2 aromatic carbocycles. The molecule has 0 spiro atoms. The molecular formula is C24H25N3O2. The maximum Gasteiger partial charge on any atom is 0.173 e. The van der Waals surface area contributed by atoms with Crippen LogP contribution in [0.3, 0.4) is 0 Å². The Hall–Kier alpha value is -3.34. The van der Waals surface area contributed by atoms with Gasteiger partial charge in [0.15, 0.2) is 5.78 Å². The van der Waals surface area contributed by atoms with Crippen LogP contribution in [0.25, 0.3) is 0 Å². The lowest BCUT2D eigenvalue weighted by molar-refractivity contribution is 0.0995. The van der Waals surface area contributed by atoms with E-state index in [1.165, 1.54) is 5.56 Å². The Morgan fingerprint density at radius 1 is 1.14 bits per heavy atom. The van der Waals surface area contributed by atoms with Gasteiger partial charge in [0.05, 0.1) is 11.3 Å². The van der Waals surface area contributed by atoms with Crippen molar-refractivity contribution in [1.29, 1.82) is 0 Å². The number of fused-ring (bicyclic) bond motifs is 2. The van der Waals surface area contributed by atoms with Crippen LogP contribution in [-0.4, -0.2) is 15.9 Å². The lowest BCUT2D eigenvalue weighted by Gasteiger charge is -2.15. The van der Waals surface area contributed by atoms with E-state index in [0.717, 1.165) is 41.8 Å². The molecule has 0 atom stereocenters. The van der Waals surface area contributed by atoms with E-state index in [4.69, 9.17) is 0 Å². The van der Waals surface area contributed by atoms with Crippen molar-refractivity contribution in [3.8, 4) is 5.75 Å². The van der Waals surface area contributed by atoms with Gasteiger partial charge in [-0.1, -0.05) is 31.5 Å². The normalized spacial score (nSPS) is 12.6. The Bertz CT molecular complexity index is 1080. The van der Waals surface area contributed by atoms with E-state index in [0.29, 0.717) is 23.5 Å². The predicted molar refractivity (Wildman–Crippen MR) is 117 cm³/mol. The highest BCUT2D eigenvalue weighted by atomic mass is 16.3. The summed E-state index contributed by atoms with van der Waals surface area (Å²) in [5, 5.41) is 16.5. The molecule has 0 fully saturated rings. The van der Waals surface area contributed by atoms with Gasteiger partial charge >= 0.3 is 0 Å². The fourth-order valence-corrected chi connectivity index (χ4v) is 3.67. The molecule has 0 amide bonds. The Labute approximate surface area is 170 Å². The zero-order chi connectivity index (χ0) is 20.4. The first kappa shape index (κ1) is 19.0. The Morgan fingerprint density at radius 3 is 2.83 bits per heavy atom. The van der Waals surface area contributed by atoms with Crippen LogP contribution in [0.15, 0.2) is 48.7 Å². The van der Waals surface area contributed by atoms with Crippen molar-refractivity contribution >= 4 is 28.7 Å². The number of pyridine rings is 1. The van der Waals surface area contributed by atoms with Crippen molar-refractivity contribution < 1.29 is 9.90 Å². The van der Waals surface area contributed by atoms with Crippen LogP contribution in [0.5, 0.6) is 5.75 Å². The molecule has 4 rings (SSSR count). The molecule has 148 valence electrons. The molecule has 0 bridgehead atoms. The minimum atomic E-state index is 0.0206. The number of nitrogens with zero attached hydrogens (tertiary/aromatic N) is 1. The number of unbranched alkanes of at least 4 members (excludes halogenated alkanes) is 1. The van der Waals surface area contributed by atoms with E-state index in [2.05, 4.69) is 34.7 Å². The third kappa shape index (κ3) is 3.94. The number of nitrogens with one attached hydrogen (secondary N) is 2. The van der Waals surface area contributed by atoms with E-state index in [1.54, 1.807) is 24.4 Å². The molecule has 1 aliphatic heterocycles. The molecule has 0 radical (unpaired) electrons. The Balaban J connectivity index is 1.69. The topological polar surface area (TPSA) is 74.2 Å². The summed E-state index contributed by atoms with van der Waals surface area (Å²) in [5.41, 5.74) is 6.15. The third-order valence-corrected chi connectivity index (χ3v) is 5.31. The maximum atomic E-state index is 13.2. The van der Waals surface area contributed by atoms with Crippen LogP contribution < -0.4 is 10.6 Å². The van der Waals surface area contributed by atoms with Crippen molar-refractivity contribution in [2.45, 2.75) is 39.5 Å². The molecule has 0 saturated heterocycles. The summed E-state index contributed by atoms with van der Waals surface area (Å²) in [6.07, 6.45) is 5.31. The summed E-state index contributed by atoms with van der Waals surface area (Å²) in [5.74, 6) is 0.750. The van der Waals surface area contributed by atoms with Gasteiger partial charge in [0, 0.05) is 30.1 Å². The van der Waals surface area contributed by atoms with Crippen LogP contribution in [0.2, 0.25) is 0 Å². The second-order valence-corrected chi connectivity index (χ2v) is 7.53. The average molecular weight is 387 g/mol. The number of Topliss-reactive ketones (excluding diaryl/α,β-unsaturated/α-hetero) is 1. The minimum absolute atomic E-state index is 0.0206. The van der Waals surface area contributed by atoms with Crippen LogP contribution in [0.1, 0.15) is 46.8 Å². The highest BCUT2D eigenvalue weighted by Crippen LogP contribution is 2.35. The van der Waals surface area contributed by atoms with E-state index in [1.807, 2.05) is 19.1 Å². The van der Waals surface area contributed by atoms with Crippen LogP contribution in [0.4, 0.5) is 22.9 Å². The largest absolute Gasteiger partial charge is 0.508 e. The number of rotatable bonds is 5. The highest BCUT2D eigenvalue weighted by Gasteiger charge is 2.24. The number of carbonyl (C=O) groups is 1. The van der Waals surface area contributed by atoms with Crippen molar-refractivity contribution in [3.05, 3.63) is 70.9 Å². The summed E-state index contributed by atoms with van der Waals surface area (Å²) >= 11 is 0. The van der Waals surface area contributed by atoms with Gasteiger partial charge < -0.3 is 15.7 Å². The summed E-state index contributed by atoms with van der Waals surface area (Å²) in [6, 6.07) is 13.2. The first-order valence-electron chi connectivity index (χ1n) is 10.0. The van der Waals surface area contributed by atoms with Crippen LogP contribution in [0, 0.1) is 6.92 Å². The zero-order valence-electron chi connectivity index (χ0n) is 16.7. The highest BCUT2D eigenvalue weighted by molar-refractivity contribution is 6.09. The third-order valence-electron chi connectivity index (χ3n) is 5.31. The fourth-order valence-electron chi connectivity index (χ4n) is 3.67. The minimum Gasteiger partial charge on any atom is -0.508 e. The molecule has 3 N–H and O–H groups in total. The van der Waals surface area contributed by atoms with Crippen molar-refractivity contribution in [2.24, 2.45) is 0 Å². The lowest BCUT2D eigenvalue weighted by Crippen LogP contribution is -2.08. The number of carbonyl (C=O) groups excluding carboxylic acids is 1. The molecule has 0 saturated carbocycles. The molecule has 1 aromatic heterocycles. The number of hydrogen-bond acceptors (Lipinski definition) is 5. The van der Waals surface area contributed by atoms with Crippen molar-refractivity contribution in [2.75, 3.05) is 10.6 Å². The molecule has 0 aliphatic carbocycles. The zero-order valence-corrected chi connectivity index (χ0v) is 16.7. The number of anilines is 4. The van der Waals surface area contributed by atoms with Gasteiger partial charge in [-0.2, -0.15) is 0 Å². The van der Waals surface area contributed by atoms with Crippen LogP contribution >= 0.6 is 0 Å². The standard InChI is InChI=1S/C24H25N3O2/c1-3-4-5-16-7-9-19-17(12-16)13-22(29)23-20(10-11-25-24(23)27-19)26-21-14-18(28)8-6-15(21)2/h6-12,14,28H,3-5,13H2,1-2H3,(H2,25,26,27). The smallest absolute Gasteiger partial charge is 0.173 e. The first-order chi connectivity index (χ1) is 14.0. The first-order valence-corrected chi connectivity index (χ1v) is 10.0. The molecular weight excluding hydrogens is 362 g/mol. The Kier molecular flexibility index (Phi) is 5.21. The number of benzene rings is 2. The number of phenols is 1. The maximum absolute atomic E-state index is 13.2. The summed E-state index contributed by atoms with van der Waals surface area (Å²) in [7, 11) is 0. The molecule has 2 heterocycles. The van der Waals surface area contributed by atoms with E-state index >= 15 is 0 Å². The quantitative estimate of drug-likeness (QED) is 0.526. The fraction of sp³-hybridized carbons (Fsp3) is 0.250. The Morgan fingerprint density at radius 2 is 2.00 bits per heavy atom. The number of phenolic OH excluding ortho intramolecular Hbond substituents is 1. The molecule has 5 nitrogen and oxygen atoms in total. The summed E-state index contributed by atoms with van der Waals surface area (Å²) < 4.78 is 0. The van der Waals surface area contributed by atoms with Gasteiger partial charge in [0.1, 0.15) is 11.6 Å². The molecule has 0 unspecified atom stereocenters. The molecule has 1 aliphatic rings. The van der Waals surface area contributed by atoms with Gasteiger partial charge in [-0.05, 0) is 54.7 Å². The number of aromatic nitrogens is 1. The van der Waals surface area contributed by atoms with Crippen molar-refractivity contribution in [1.82, 2.24) is 4.98 Å². The lowest BCUT2D eigenvalue weighted by atomic mass is 9.99. The second kappa shape index (κ2) is 7.95. The van der Waals surface area contributed by atoms with Crippen molar-refractivity contribution in [3.63, 3.8) is 0 Å². The predicted octanol–water partition coefficient (Wildman–Crippen LogP) is 5.66. The summed E-state index contributed by atoms with van der Waals surface area (Å²) in [4.78, 5) is 17.6. The second-order valence-electron chi connectivity index (χ2n) is 7.53. The average Bonchev–Trinajstić information content (AvgIpc) is 2.85. The van der Waals surface area contributed by atoms with Gasteiger partial charge in [-0.25, -0.2) is 4.98 Å². The van der Waals surface area contributed by atoms with E-state index in [-0.39, 0.29) is 11.5 Å². The number of ketones is 1. The van der Waals surface area contributed by atoms with Gasteiger partial charge in [-0.3, -0.25) is 4.79 Å². The van der Waals surface area contributed by atoms with Gasteiger partial charge in [-0.15, -0.1) is 0 Å². The summed E-state index contributed by atoms with van der Waals surface area (Å²) in [6.45, 7) is 4.13. The number of aryl methyl sites for hydroxylation is 2. The van der Waals surface area contributed by atoms with Crippen LogP contribution in [-0.2, 0) is 12.8 Å². The van der Waals surface area contributed by atoms with Gasteiger partial charge in [0.25, 0.3) is 0 Å². The molecule has 5 heteroatoms. The molecule has 3 aromatic rings. The monoisotopic (exact) mass is 387 g/mol. The number of aromatic hydroxyl groups is 1. The van der Waals surface area contributed by atoms with E-state index < -0.39 is 0 Å². The van der Waals surface area contributed by atoms with E-state index in [9.17, 15) is 9.90 Å². The molecule has 29 heavy (non-hydrogen) atoms. The SMILES string of the molecule is CCCCc1ccc2c(c1)CC(=O)c1c(Nc3cc(O)ccc3C)ccnc1N2. The van der Waals surface area contributed by atoms with Gasteiger partial charge in [0.2, 0.25) is 0 Å². The number of hydrogen-bond donors (Lipinski definition) is 3.